The highest BCUT2D eigenvalue weighted by molar-refractivity contribution is 7.88. The van der Waals surface area contributed by atoms with Gasteiger partial charge in [0.25, 0.3) is 0 Å². The third kappa shape index (κ3) is 9.10. The minimum Gasteiger partial charge on any atom is -0.494 e. The van der Waals surface area contributed by atoms with Crippen molar-refractivity contribution in [1.29, 1.82) is 0 Å². The Kier molecular flexibility index (Phi) is 11.2. The van der Waals surface area contributed by atoms with Gasteiger partial charge in [-0.05, 0) is 51.2 Å². The van der Waals surface area contributed by atoms with Gasteiger partial charge in [-0.25, -0.2) is 8.42 Å². The van der Waals surface area contributed by atoms with Gasteiger partial charge >= 0.3 is 0 Å². The van der Waals surface area contributed by atoms with Gasteiger partial charge in [-0.1, -0.05) is 26.2 Å². The molecule has 2 aromatic heterocycles. The average molecular weight is 715 g/mol. The monoisotopic (exact) mass is 714 g/mol. The van der Waals surface area contributed by atoms with Gasteiger partial charge in [-0.15, -0.1) is 0 Å². The number of aromatic nitrogens is 3. The molecule has 1 amide bonds. The molecule has 2 aliphatic heterocycles. The molecule has 0 aliphatic carbocycles. The average Bonchev–Trinajstić information content (AvgIpc) is 3.42. The summed E-state index contributed by atoms with van der Waals surface area (Å²) in [5.41, 5.74) is 2.58. The Bertz CT molecular complexity index is 1760. The summed E-state index contributed by atoms with van der Waals surface area (Å²) >= 11 is 0. The van der Waals surface area contributed by atoms with Crippen molar-refractivity contribution in [3.63, 3.8) is 0 Å². The SMILES string of the molecule is C=CC(=O)Nc1cc(Nc2nc(OC3CN(S(C)(=O)=O)C3)c3ccn(COCC[Si](C)(C)C)c3n2)c(OC)cc1N1CCC(N(C)C)CC1. The number of sulfonamides is 1. The van der Waals surface area contributed by atoms with Crippen molar-refractivity contribution in [2.45, 2.75) is 57.4 Å². The highest BCUT2D eigenvalue weighted by atomic mass is 32.2. The fourth-order valence-electron chi connectivity index (χ4n) is 5.86. The summed E-state index contributed by atoms with van der Waals surface area (Å²) in [6.07, 6.45) is 5.93. The molecule has 2 N–H and O–H groups in total. The number of fused-ring (bicyclic) bond motifs is 1. The lowest BCUT2D eigenvalue weighted by atomic mass is 10.0. The van der Waals surface area contributed by atoms with Gasteiger partial charge in [0.2, 0.25) is 27.8 Å². The van der Waals surface area contributed by atoms with Gasteiger partial charge in [-0.2, -0.15) is 14.3 Å². The second-order valence-electron chi connectivity index (χ2n) is 14.1. The van der Waals surface area contributed by atoms with Gasteiger partial charge in [0.15, 0.2) is 5.65 Å². The van der Waals surface area contributed by atoms with Crippen molar-refractivity contribution in [1.82, 2.24) is 23.7 Å². The van der Waals surface area contributed by atoms with Crippen LogP contribution in [-0.2, 0) is 26.3 Å². The molecule has 2 fully saturated rings. The lowest BCUT2D eigenvalue weighted by molar-refractivity contribution is -0.111. The molecule has 49 heavy (non-hydrogen) atoms. The number of piperidine rings is 1. The summed E-state index contributed by atoms with van der Waals surface area (Å²) in [7, 11) is 1.22. The van der Waals surface area contributed by atoms with Crippen LogP contribution in [0.15, 0.2) is 37.1 Å². The third-order valence-corrected chi connectivity index (χ3v) is 11.9. The zero-order valence-electron chi connectivity index (χ0n) is 29.7. The van der Waals surface area contributed by atoms with E-state index in [1.165, 1.54) is 16.6 Å². The van der Waals surface area contributed by atoms with Crippen LogP contribution in [0.2, 0.25) is 25.7 Å². The largest absolute Gasteiger partial charge is 0.494 e. The molecule has 14 nitrogen and oxygen atoms in total. The fourth-order valence-corrected chi connectivity index (χ4v) is 7.49. The minimum absolute atomic E-state index is 0.237. The maximum atomic E-state index is 12.6. The Morgan fingerprint density at radius 2 is 1.86 bits per heavy atom. The maximum absolute atomic E-state index is 12.6. The number of hydrogen-bond donors (Lipinski definition) is 2. The topological polar surface area (TPSA) is 143 Å². The summed E-state index contributed by atoms with van der Waals surface area (Å²) in [6.45, 7) is 13.6. The Labute approximate surface area is 290 Å². The van der Waals surface area contributed by atoms with E-state index in [-0.39, 0.29) is 31.0 Å². The van der Waals surface area contributed by atoms with Crippen LogP contribution in [-0.4, -0.2) is 119 Å². The molecule has 16 heteroatoms. The van der Waals surface area contributed by atoms with Crippen LogP contribution in [0, 0.1) is 0 Å². The molecule has 5 rings (SSSR count). The van der Waals surface area contributed by atoms with Crippen LogP contribution in [0.5, 0.6) is 11.6 Å². The molecule has 2 aliphatic rings. The van der Waals surface area contributed by atoms with E-state index in [1.807, 2.05) is 29.0 Å². The molecule has 0 saturated carbocycles. The van der Waals surface area contributed by atoms with Crippen LogP contribution >= 0.6 is 0 Å². The van der Waals surface area contributed by atoms with Crippen molar-refractivity contribution in [2.75, 3.05) is 75.8 Å². The first kappa shape index (κ1) is 36.6. The van der Waals surface area contributed by atoms with Gasteiger partial charge in [0, 0.05) is 46.1 Å². The zero-order chi connectivity index (χ0) is 35.5. The molecule has 0 spiro atoms. The summed E-state index contributed by atoms with van der Waals surface area (Å²) in [5.74, 6) is 0.776. The lowest BCUT2D eigenvalue weighted by Crippen LogP contribution is -2.55. The maximum Gasteiger partial charge on any atom is 0.247 e. The van der Waals surface area contributed by atoms with Gasteiger partial charge in [-0.3, -0.25) is 4.79 Å². The van der Waals surface area contributed by atoms with Crippen molar-refractivity contribution in [3.8, 4) is 11.6 Å². The Balaban J connectivity index is 1.47. The summed E-state index contributed by atoms with van der Waals surface area (Å²) < 4.78 is 45.4. The minimum atomic E-state index is -3.31. The van der Waals surface area contributed by atoms with E-state index in [1.54, 1.807) is 7.11 Å². The number of nitrogens with zero attached hydrogens (tertiary/aromatic N) is 6. The molecule has 268 valence electrons. The predicted molar refractivity (Wildman–Crippen MR) is 196 cm³/mol. The van der Waals surface area contributed by atoms with Gasteiger partial charge in [0.05, 0.1) is 48.9 Å². The Morgan fingerprint density at radius 3 is 2.47 bits per heavy atom. The number of hydrogen-bond acceptors (Lipinski definition) is 11. The first-order valence-corrected chi connectivity index (χ1v) is 22.1. The van der Waals surface area contributed by atoms with Crippen molar-refractivity contribution in [2.24, 2.45) is 0 Å². The number of amides is 1. The second-order valence-corrected chi connectivity index (χ2v) is 21.7. The molecule has 0 atom stereocenters. The second kappa shape index (κ2) is 15.0. The van der Waals surface area contributed by atoms with E-state index in [4.69, 9.17) is 24.2 Å². The Hall–Kier alpha value is -3.70. The normalized spacial score (nSPS) is 16.5. The number of ether oxygens (including phenoxy) is 3. The van der Waals surface area contributed by atoms with E-state index < -0.39 is 18.1 Å². The van der Waals surface area contributed by atoms with Crippen LogP contribution in [0.1, 0.15) is 12.8 Å². The van der Waals surface area contributed by atoms with Crippen molar-refractivity contribution in [3.05, 3.63) is 37.1 Å². The molecule has 0 bridgehead atoms. The highest BCUT2D eigenvalue weighted by Crippen LogP contribution is 2.40. The molecule has 4 heterocycles. The molecule has 3 aromatic rings. The molecule has 0 unspecified atom stereocenters. The van der Waals surface area contributed by atoms with E-state index in [9.17, 15) is 13.2 Å². The van der Waals surface area contributed by atoms with Crippen molar-refractivity contribution >= 4 is 58.0 Å². The van der Waals surface area contributed by atoms with Crippen LogP contribution in [0.3, 0.4) is 0 Å². The number of rotatable bonds is 15. The standard InChI is InChI=1S/C33H50N8O6SSi/c1-9-30(42)34-26-18-27(29(45-4)19-28(26)39-13-10-23(11-14-39)38(2)3)35-33-36-31-25(12-15-40(31)22-46-16-17-49(6,7)8)32(37-33)47-24-20-41(21-24)48(5,43)44/h9,12,15,18-19,23-24H,1,10-11,13-14,16-17,20-22H2,2-8H3,(H,34,42)(H,35,36,37). The van der Waals surface area contributed by atoms with Crippen LogP contribution in [0.4, 0.5) is 23.0 Å². The van der Waals surface area contributed by atoms with E-state index in [0.717, 1.165) is 37.7 Å². The van der Waals surface area contributed by atoms with E-state index in [0.29, 0.717) is 53.4 Å². The number of nitrogens with one attached hydrogen (secondary N) is 2. The van der Waals surface area contributed by atoms with E-state index >= 15 is 0 Å². The molecular weight excluding hydrogens is 665 g/mol. The van der Waals surface area contributed by atoms with Crippen LogP contribution < -0.4 is 25.0 Å². The third-order valence-electron chi connectivity index (χ3n) is 8.92. The summed E-state index contributed by atoms with van der Waals surface area (Å²) in [5, 5.41) is 6.95. The number of anilines is 4. The molecular formula is C33H50N8O6SSi. The Morgan fingerprint density at radius 1 is 1.14 bits per heavy atom. The quantitative estimate of drug-likeness (QED) is 0.133. The molecule has 0 radical (unpaired) electrons. The highest BCUT2D eigenvalue weighted by Gasteiger charge is 2.35. The number of carbonyl (C=O) groups is 1. The van der Waals surface area contributed by atoms with Crippen molar-refractivity contribution < 1.29 is 27.4 Å². The first-order valence-electron chi connectivity index (χ1n) is 16.6. The van der Waals surface area contributed by atoms with E-state index in [2.05, 4.69) is 60.7 Å². The van der Waals surface area contributed by atoms with Crippen LogP contribution in [0.25, 0.3) is 11.0 Å². The number of benzene rings is 1. The smallest absolute Gasteiger partial charge is 0.247 e. The van der Waals surface area contributed by atoms with Gasteiger partial charge in [0.1, 0.15) is 18.6 Å². The fraction of sp³-hybridized carbons (Fsp3) is 0.545. The summed E-state index contributed by atoms with van der Waals surface area (Å²) in [4.78, 5) is 26.7. The molecule has 1 aromatic carbocycles. The lowest BCUT2D eigenvalue weighted by Gasteiger charge is -2.37. The number of carbonyl (C=O) groups excluding carboxylic acids is 1. The predicted octanol–water partition coefficient (Wildman–Crippen LogP) is 4.17. The van der Waals surface area contributed by atoms with Gasteiger partial charge < -0.3 is 39.2 Å². The first-order chi connectivity index (χ1) is 23.1. The summed E-state index contributed by atoms with van der Waals surface area (Å²) in [6, 6.07) is 7.13. The zero-order valence-corrected chi connectivity index (χ0v) is 31.5. The molecule has 2 saturated heterocycles. The number of methoxy groups -OCH3 is 1.